The SMILES string of the molecule is Cc1ccc(C2Nc3ccccc3C3CC(c4ccccc4)=NN32)cc1. The molecule has 0 aromatic heterocycles. The molecule has 5 rings (SSSR count). The van der Waals surface area contributed by atoms with E-state index in [4.69, 9.17) is 5.10 Å². The van der Waals surface area contributed by atoms with Crippen molar-refractivity contribution in [3.05, 3.63) is 101 Å². The zero-order valence-electron chi connectivity index (χ0n) is 14.8. The van der Waals surface area contributed by atoms with Crippen molar-refractivity contribution in [2.75, 3.05) is 5.32 Å². The van der Waals surface area contributed by atoms with Crippen molar-refractivity contribution >= 4 is 11.4 Å². The molecule has 128 valence electrons. The summed E-state index contributed by atoms with van der Waals surface area (Å²) in [7, 11) is 0. The summed E-state index contributed by atoms with van der Waals surface area (Å²) < 4.78 is 0. The molecule has 2 atom stereocenters. The first-order valence-electron chi connectivity index (χ1n) is 9.13. The molecule has 0 spiro atoms. The maximum absolute atomic E-state index is 5.05. The minimum atomic E-state index is 0.0525. The predicted octanol–water partition coefficient (Wildman–Crippen LogP) is 5.27. The fourth-order valence-electron chi connectivity index (χ4n) is 3.94. The zero-order valence-corrected chi connectivity index (χ0v) is 14.8. The molecule has 26 heavy (non-hydrogen) atoms. The Hall–Kier alpha value is -3.07. The fraction of sp³-hybridized carbons (Fsp3) is 0.174. The first-order chi connectivity index (χ1) is 12.8. The van der Waals surface area contributed by atoms with Crippen LogP contribution in [0.4, 0.5) is 5.69 Å². The van der Waals surface area contributed by atoms with Crippen molar-refractivity contribution in [1.82, 2.24) is 5.01 Å². The number of hydrazone groups is 1. The molecule has 0 saturated carbocycles. The van der Waals surface area contributed by atoms with Gasteiger partial charge in [-0.2, -0.15) is 5.10 Å². The lowest BCUT2D eigenvalue weighted by Crippen LogP contribution is -2.35. The van der Waals surface area contributed by atoms with Gasteiger partial charge in [0.25, 0.3) is 0 Å². The molecule has 3 nitrogen and oxygen atoms in total. The summed E-state index contributed by atoms with van der Waals surface area (Å²) in [5.74, 6) is 0. The lowest BCUT2D eigenvalue weighted by molar-refractivity contribution is 0.169. The van der Waals surface area contributed by atoms with Gasteiger partial charge in [-0.05, 0) is 29.7 Å². The summed E-state index contributed by atoms with van der Waals surface area (Å²) in [4.78, 5) is 0. The second-order valence-corrected chi connectivity index (χ2v) is 7.06. The minimum Gasteiger partial charge on any atom is -0.360 e. The molecule has 2 aliphatic heterocycles. The van der Waals surface area contributed by atoms with E-state index in [0.717, 1.165) is 12.1 Å². The molecule has 0 fully saturated rings. The number of hydrogen-bond donors (Lipinski definition) is 1. The van der Waals surface area contributed by atoms with Gasteiger partial charge in [-0.25, -0.2) is 0 Å². The first-order valence-corrected chi connectivity index (χ1v) is 9.13. The molecule has 3 heteroatoms. The highest BCUT2D eigenvalue weighted by atomic mass is 15.6. The Morgan fingerprint density at radius 3 is 2.42 bits per heavy atom. The Morgan fingerprint density at radius 1 is 0.885 bits per heavy atom. The summed E-state index contributed by atoms with van der Waals surface area (Å²) in [6, 6.07) is 28.1. The Bertz CT molecular complexity index is 960. The average molecular weight is 339 g/mol. The number of hydrogen-bond acceptors (Lipinski definition) is 3. The van der Waals surface area contributed by atoms with E-state index in [1.54, 1.807) is 0 Å². The van der Waals surface area contributed by atoms with Gasteiger partial charge < -0.3 is 5.32 Å². The van der Waals surface area contributed by atoms with Gasteiger partial charge in [0, 0.05) is 12.1 Å². The van der Waals surface area contributed by atoms with Crippen LogP contribution in [0.2, 0.25) is 0 Å². The van der Waals surface area contributed by atoms with Crippen molar-refractivity contribution < 1.29 is 0 Å². The van der Waals surface area contributed by atoms with Crippen LogP contribution in [0.1, 0.15) is 40.9 Å². The van der Waals surface area contributed by atoms with Gasteiger partial charge >= 0.3 is 0 Å². The third kappa shape index (κ3) is 2.48. The third-order valence-electron chi connectivity index (χ3n) is 5.32. The van der Waals surface area contributed by atoms with Gasteiger partial charge in [-0.3, -0.25) is 5.01 Å². The molecule has 2 unspecified atom stereocenters. The number of nitrogens with one attached hydrogen (secondary N) is 1. The van der Waals surface area contributed by atoms with E-state index in [1.165, 1.54) is 27.9 Å². The smallest absolute Gasteiger partial charge is 0.142 e. The van der Waals surface area contributed by atoms with E-state index in [0.29, 0.717) is 0 Å². The van der Waals surface area contributed by atoms with Crippen molar-refractivity contribution in [3.8, 4) is 0 Å². The van der Waals surface area contributed by atoms with Crippen LogP contribution in [-0.2, 0) is 0 Å². The van der Waals surface area contributed by atoms with Gasteiger partial charge in [-0.1, -0.05) is 78.4 Å². The lowest BCUT2D eigenvalue weighted by atomic mass is 9.94. The Morgan fingerprint density at radius 2 is 1.62 bits per heavy atom. The van der Waals surface area contributed by atoms with Crippen molar-refractivity contribution in [1.29, 1.82) is 0 Å². The van der Waals surface area contributed by atoms with Crippen LogP contribution in [0.25, 0.3) is 0 Å². The van der Waals surface area contributed by atoms with E-state index >= 15 is 0 Å². The molecule has 3 aromatic carbocycles. The Kier molecular flexibility index (Phi) is 3.52. The fourth-order valence-corrected chi connectivity index (χ4v) is 3.94. The highest BCUT2D eigenvalue weighted by molar-refractivity contribution is 6.02. The molecule has 1 N–H and O–H groups in total. The Labute approximate surface area is 154 Å². The maximum Gasteiger partial charge on any atom is 0.142 e. The maximum atomic E-state index is 5.05. The average Bonchev–Trinajstić information content (AvgIpc) is 3.14. The van der Waals surface area contributed by atoms with E-state index < -0.39 is 0 Å². The molecule has 0 amide bonds. The number of para-hydroxylation sites is 1. The quantitative estimate of drug-likeness (QED) is 0.689. The number of fused-ring (bicyclic) bond motifs is 3. The van der Waals surface area contributed by atoms with Crippen LogP contribution in [-0.4, -0.2) is 10.7 Å². The second kappa shape index (κ2) is 6.03. The zero-order chi connectivity index (χ0) is 17.5. The summed E-state index contributed by atoms with van der Waals surface area (Å²) in [6.45, 7) is 2.12. The standard InChI is InChI=1S/C23H21N3/c1-16-11-13-18(14-12-16)23-24-20-10-6-5-9-19(20)22-15-21(25-26(22)23)17-7-3-2-4-8-17/h2-14,22-24H,15H2,1H3. The van der Waals surface area contributed by atoms with Gasteiger partial charge in [0.05, 0.1) is 11.8 Å². The molecular weight excluding hydrogens is 318 g/mol. The topological polar surface area (TPSA) is 27.6 Å². The third-order valence-corrected chi connectivity index (χ3v) is 5.32. The van der Waals surface area contributed by atoms with Crippen molar-refractivity contribution in [3.63, 3.8) is 0 Å². The van der Waals surface area contributed by atoms with E-state index in [-0.39, 0.29) is 12.2 Å². The molecule has 0 radical (unpaired) electrons. The van der Waals surface area contributed by atoms with E-state index in [1.807, 2.05) is 0 Å². The number of rotatable bonds is 2. The predicted molar refractivity (Wildman–Crippen MR) is 106 cm³/mol. The van der Waals surface area contributed by atoms with Gasteiger partial charge in [0.15, 0.2) is 0 Å². The minimum absolute atomic E-state index is 0.0525. The monoisotopic (exact) mass is 339 g/mol. The molecule has 3 aromatic rings. The Balaban J connectivity index is 1.60. The number of aryl methyl sites for hydroxylation is 1. The highest BCUT2D eigenvalue weighted by Crippen LogP contribution is 2.45. The lowest BCUT2D eigenvalue weighted by Gasteiger charge is -2.39. The molecule has 2 aliphatic rings. The summed E-state index contributed by atoms with van der Waals surface area (Å²) >= 11 is 0. The van der Waals surface area contributed by atoms with E-state index in [2.05, 4.69) is 96.1 Å². The molecule has 2 heterocycles. The van der Waals surface area contributed by atoms with Crippen LogP contribution in [0.3, 0.4) is 0 Å². The van der Waals surface area contributed by atoms with Gasteiger partial charge in [0.1, 0.15) is 6.17 Å². The number of anilines is 1. The summed E-state index contributed by atoms with van der Waals surface area (Å²) in [5.41, 5.74) is 7.42. The second-order valence-electron chi connectivity index (χ2n) is 7.06. The summed E-state index contributed by atoms with van der Waals surface area (Å²) in [5, 5.41) is 11.0. The van der Waals surface area contributed by atoms with Crippen molar-refractivity contribution in [2.24, 2.45) is 5.10 Å². The van der Waals surface area contributed by atoms with Crippen LogP contribution in [0.5, 0.6) is 0 Å². The van der Waals surface area contributed by atoms with Gasteiger partial charge in [-0.15, -0.1) is 0 Å². The molecular formula is C23H21N3. The number of nitrogens with zero attached hydrogens (tertiary/aromatic N) is 2. The molecule has 0 bridgehead atoms. The normalized spacial score (nSPS) is 20.8. The van der Waals surface area contributed by atoms with Crippen LogP contribution in [0, 0.1) is 6.92 Å². The van der Waals surface area contributed by atoms with E-state index in [9.17, 15) is 0 Å². The highest BCUT2D eigenvalue weighted by Gasteiger charge is 2.39. The number of benzene rings is 3. The first kappa shape index (κ1) is 15.2. The van der Waals surface area contributed by atoms with Crippen molar-refractivity contribution in [2.45, 2.75) is 25.6 Å². The largest absolute Gasteiger partial charge is 0.360 e. The molecule has 0 aliphatic carbocycles. The van der Waals surface area contributed by atoms with Crippen LogP contribution in [0.15, 0.2) is 84.0 Å². The van der Waals surface area contributed by atoms with Crippen LogP contribution >= 0.6 is 0 Å². The summed E-state index contributed by atoms with van der Waals surface area (Å²) in [6.07, 6.45) is 0.988. The van der Waals surface area contributed by atoms with Crippen LogP contribution < -0.4 is 5.32 Å². The molecule has 0 saturated heterocycles. The van der Waals surface area contributed by atoms with Gasteiger partial charge in [0.2, 0.25) is 0 Å².